The predicted molar refractivity (Wildman–Crippen MR) is 131 cm³/mol. The molecule has 1 aromatic rings. The lowest BCUT2D eigenvalue weighted by Gasteiger charge is -2.10. The number of methoxy groups -OCH3 is 1. The van der Waals surface area contributed by atoms with Crippen LogP contribution in [0, 0.1) is 17.8 Å². The normalized spacial score (nSPS) is 20.9. The molecule has 0 aromatic carbocycles. The molecule has 0 spiro atoms. The van der Waals surface area contributed by atoms with Crippen molar-refractivity contribution in [3.05, 3.63) is 11.4 Å². The summed E-state index contributed by atoms with van der Waals surface area (Å²) in [6, 6.07) is 0. The fraction of sp³-hybridized carbons (Fsp3) is 0.846. The zero-order chi connectivity index (χ0) is 23.5. The standard InChI is InChI=1S/C25H41N3O5.CH4/c1-3-7-19(29)8-4-5-14-28-24-13-11-21-20(10-12-23(24)26-27-28)22(21)18-33-25(30)9-6-15-32-17-16-31-2;/h20-22H,3-18H2,1-2H3;1H4. The molecule has 8 heteroatoms. The maximum Gasteiger partial charge on any atom is 0.305 e. The first kappa shape index (κ1) is 28.4. The van der Waals surface area contributed by atoms with Crippen LogP contribution in [0.4, 0.5) is 0 Å². The molecule has 1 saturated carbocycles. The molecule has 3 rings (SSSR count). The summed E-state index contributed by atoms with van der Waals surface area (Å²) in [5.74, 6) is 2.01. The number of Topliss-reactive ketones (excluding diaryl/α,β-unsaturated/α-hetero) is 1. The van der Waals surface area contributed by atoms with E-state index in [1.807, 2.05) is 6.92 Å². The predicted octanol–water partition coefficient (Wildman–Crippen LogP) is 4.18. The lowest BCUT2D eigenvalue weighted by molar-refractivity contribution is -0.144. The van der Waals surface area contributed by atoms with Crippen molar-refractivity contribution in [1.29, 1.82) is 0 Å². The first-order valence-corrected chi connectivity index (χ1v) is 12.8. The van der Waals surface area contributed by atoms with Gasteiger partial charge in [-0.2, -0.15) is 0 Å². The van der Waals surface area contributed by atoms with Crippen LogP contribution in [0.2, 0.25) is 0 Å². The Balaban J connectivity index is 0.00000408. The summed E-state index contributed by atoms with van der Waals surface area (Å²) in [4.78, 5) is 23.8. The first-order valence-electron chi connectivity index (χ1n) is 12.8. The minimum atomic E-state index is -0.123. The Hall–Kier alpha value is -1.80. The highest BCUT2D eigenvalue weighted by atomic mass is 16.5. The number of aromatic nitrogens is 3. The molecule has 8 nitrogen and oxygen atoms in total. The quantitative estimate of drug-likeness (QED) is 0.259. The summed E-state index contributed by atoms with van der Waals surface area (Å²) >= 11 is 0. The Morgan fingerprint density at radius 3 is 2.56 bits per heavy atom. The fourth-order valence-corrected chi connectivity index (χ4v) is 5.06. The van der Waals surface area contributed by atoms with Crippen LogP contribution in [-0.4, -0.2) is 60.3 Å². The summed E-state index contributed by atoms with van der Waals surface area (Å²) in [6.45, 7) is 5.13. The van der Waals surface area contributed by atoms with Crippen molar-refractivity contribution in [2.75, 3.05) is 33.5 Å². The highest BCUT2D eigenvalue weighted by Crippen LogP contribution is 2.52. The molecule has 3 unspecified atom stereocenters. The van der Waals surface area contributed by atoms with Crippen molar-refractivity contribution in [2.45, 2.75) is 91.5 Å². The molecule has 1 heterocycles. The van der Waals surface area contributed by atoms with Gasteiger partial charge in [-0.15, -0.1) is 5.10 Å². The molecule has 2 aliphatic rings. The van der Waals surface area contributed by atoms with Crippen molar-refractivity contribution in [3.8, 4) is 0 Å². The van der Waals surface area contributed by atoms with Gasteiger partial charge >= 0.3 is 5.97 Å². The SMILES string of the molecule is C.CCCC(=O)CCCCn1nnc2c1CCC1C(CC2)C1COC(=O)CCCOCCOC. The van der Waals surface area contributed by atoms with E-state index in [9.17, 15) is 9.59 Å². The largest absolute Gasteiger partial charge is 0.465 e. The second kappa shape index (κ2) is 15.2. The maximum atomic E-state index is 12.0. The molecule has 194 valence electrons. The van der Waals surface area contributed by atoms with E-state index in [-0.39, 0.29) is 13.4 Å². The van der Waals surface area contributed by atoms with E-state index in [0.29, 0.717) is 75.6 Å². The number of nitrogens with zero attached hydrogens (tertiary/aromatic N) is 3. The van der Waals surface area contributed by atoms with E-state index in [0.717, 1.165) is 57.2 Å². The zero-order valence-electron chi connectivity index (χ0n) is 20.4. The van der Waals surface area contributed by atoms with Crippen LogP contribution in [0.3, 0.4) is 0 Å². The highest BCUT2D eigenvalue weighted by Gasteiger charge is 2.50. The summed E-state index contributed by atoms with van der Waals surface area (Å²) in [7, 11) is 1.64. The third kappa shape index (κ3) is 8.77. The monoisotopic (exact) mass is 479 g/mol. The number of rotatable bonds is 16. The number of hydrogen-bond acceptors (Lipinski definition) is 7. The summed E-state index contributed by atoms with van der Waals surface area (Å²) in [5.41, 5.74) is 2.40. The molecule has 34 heavy (non-hydrogen) atoms. The summed E-state index contributed by atoms with van der Waals surface area (Å²) < 4.78 is 18.0. The van der Waals surface area contributed by atoms with Gasteiger partial charge in [0.05, 0.1) is 31.2 Å². The van der Waals surface area contributed by atoms with Gasteiger partial charge in [-0.05, 0) is 69.1 Å². The molecule has 1 aromatic heterocycles. The number of esters is 1. The van der Waals surface area contributed by atoms with Crippen molar-refractivity contribution in [3.63, 3.8) is 0 Å². The van der Waals surface area contributed by atoms with Crippen LogP contribution in [0.15, 0.2) is 0 Å². The first-order chi connectivity index (χ1) is 16.1. The highest BCUT2D eigenvalue weighted by molar-refractivity contribution is 5.78. The van der Waals surface area contributed by atoms with Gasteiger partial charge in [0.1, 0.15) is 5.78 Å². The molecule has 0 N–H and O–H groups in total. The molecule has 0 radical (unpaired) electrons. The van der Waals surface area contributed by atoms with Gasteiger partial charge < -0.3 is 14.2 Å². The third-order valence-electron chi connectivity index (χ3n) is 7.00. The van der Waals surface area contributed by atoms with Crippen LogP contribution in [-0.2, 0) is 43.2 Å². The van der Waals surface area contributed by atoms with Crippen molar-refractivity contribution in [1.82, 2.24) is 15.0 Å². The lowest BCUT2D eigenvalue weighted by Crippen LogP contribution is -2.10. The van der Waals surface area contributed by atoms with Crippen LogP contribution in [0.25, 0.3) is 0 Å². The third-order valence-corrected chi connectivity index (χ3v) is 7.00. The van der Waals surface area contributed by atoms with Gasteiger partial charge in [0.2, 0.25) is 0 Å². The maximum absolute atomic E-state index is 12.0. The fourth-order valence-electron chi connectivity index (χ4n) is 5.06. The van der Waals surface area contributed by atoms with E-state index < -0.39 is 0 Å². The number of ether oxygens (including phenoxy) is 3. The van der Waals surface area contributed by atoms with E-state index in [2.05, 4.69) is 15.0 Å². The Morgan fingerprint density at radius 2 is 1.79 bits per heavy atom. The molecule has 1 fully saturated rings. The molecule has 3 atom stereocenters. The second-order valence-electron chi connectivity index (χ2n) is 9.41. The number of unbranched alkanes of at least 4 members (excludes halogenated alkanes) is 1. The zero-order valence-corrected chi connectivity index (χ0v) is 20.4. The van der Waals surface area contributed by atoms with Gasteiger partial charge in [0.25, 0.3) is 0 Å². The van der Waals surface area contributed by atoms with Crippen molar-refractivity contribution < 1.29 is 23.8 Å². The van der Waals surface area contributed by atoms with E-state index >= 15 is 0 Å². The number of carbonyl (C=O) groups is 2. The van der Waals surface area contributed by atoms with Crippen molar-refractivity contribution >= 4 is 11.8 Å². The average molecular weight is 480 g/mol. The van der Waals surface area contributed by atoms with Gasteiger partial charge in [0.15, 0.2) is 0 Å². The van der Waals surface area contributed by atoms with Crippen LogP contribution >= 0.6 is 0 Å². The van der Waals surface area contributed by atoms with Gasteiger partial charge in [-0.25, -0.2) is 4.68 Å². The molecule has 2 aliphatic carbocycles. The molecule has 0 amide bonds. The summed E-state index contributed by atoms with van der Waals surface area (Å²) in [6.07, 6.45) is 9.43. The Labute approximate surface area is 205 Å². The van der Waals surface area contributed by atoms with Gasteiger partial charge in [0, 0.05) is 39.5 Å². The summed E-state index contributed by atoms with van der Waals surface area (Å²) in [5, 5.41) is 8.85. The molecular weight excluding hydrogens is 434 g/mol. The van der Waals surface area contributed by atoms with Crippen LogP contribution < -0.4 is 0 Å². The van der Waals surface area contributed by atoms with E-state index in [1.54, 1.807) is 7.11 Å². The number of fused-ring (bicyclic) bond motifs is 2. The Morgan fingerprint density at radius 1 is 1.00 bits per heavy atom. The minimum Gasteiger partial charge on any atom is -0.465 e. The number of ketones is 1. The van der Waals surface area contributed by atoms with Crippen molar-refractivity contribution in [2.24, 2.45) is 17.8 Å². The van der Waals surface area contributed by atoms with Gasteiger partial charge in [-0.3, -0.25) is 9.59 Å². The average Bonchev–Trinajstić information content (AvgIpc) is 3.30. The smallest absolute Gasteiger partial charge is 0.305 e. The lowest BCUT2D eigenvalue weighted by atomic mass is 10.0. The van der Waals surface area contributed by atoms with Crippen LogP contribution in [0.5, 0.6) is 0 Å². The molecule has 0 saturated heterocycles. The molecule has 0 bridgehead atoms. The van der Waals surface area contributed by atoms with Crippen LogP contribution in [0.1, 0.15) is 83.5 Å². The molecule has 0 aliphatic heterocycles. The Kier molecular flexibility index (Phi) is 12.8. The number of carbonyl (C=O) groups excluding carboxylic acids is 2. The van der Waals surface area contributed by atoms with E-state index in [1.165, 1.54) is 5.69 Å². The number of hydrogen-bond donors (Lipinski definition) is 0. The number of aryl methyl sites for hydroxylation is 2. The molecular formula is C26H45N3O5. The van der Waals surface area contributed by atoms with E-state index in [4.69, 9.17) is 14.2 Å². The second-order valence-corrected chi connectivity index (χ2v) is 9.41. The minimum absolute atomic E-state index is 0. The Bertz CT molecular complexity index is 751. The van der Waals surface area contributed by atoms with Gasteiger partial charge in [-0.1, -0.05) is 19.6 Å². The topological polar surface area (TPSA) is 92.5 Å².